The Hall–Kier alpha value is -3.68. The van der Waals surface area contributed by atoms with E-state index in [1.54, 1.807) is 41.3 Å². The lowest BCUT2D eigenvalue weighted by Gasteiger charge is -2.25. The van der Waals surface area contributed by atoms with Crippen LogP contribution in [0.25, 0.3) is 0 Å². The molecule has 0 aromatic heterocycles. The molecule has 0 bridgehead atoms. The summed E-state index contributed by atoms with van der Waals surface area (Å²) < 4.78 is 5.46. The number of hydrogen-bond acceptors (Lipinski definition) is 5. The quantitative estimate of drug-likeness (QED) is 0.435. The smallest absolute Gasteiger partial charge is 0.329 e. The zero-order valence-corrected chi connectivity index (χ0v) is 16.5. The summed E-state index contributed by atoms with van der Waals surface area (Å²) >= 11 is 0. The number of hydrogen-bond donors (Lipinski definition) is 2. The molecular weight excluding hydrogens is 384 g/mol. The van der Waals surface area contributed by atoms with Gasteiger partial charge in [0.25, 0.3) is 5.91 Å². The van der Waals surface area contributed by atoms with Crippen LogP contribution in [-0.4, -0.2) is 48.5 Å². The summed E-state index contributed by atoms with van der Waals surface area (Å²) in [5.74, 6) is -1.02. The van der Waals surface area contributed by atoms with Gasteiger partial charge in [-0.25, -0.2) is 5.43 Å². The average molecular weight is 408 g/mol. The van der Waals surface area contributed by atoms with E-state index in [0.717, 1.165) is 19.3 Å². The predicted octanol–water partition coefficient (Wildman–Crippen LogP) is 2.17. The van der Waals surface area contributed by atoms with Crippen LogP contribution in [-0.2, 0) is 14.4 Å². The Balaban J connectivity index is 1.42. The maximum atomic E-state index is 12.0. The highest BCUT2D eigenvalue weighted by Crippen LogP contribution is 2.12. The van der Waals surface area contributed by atoms with Gasteiger partial charge >= 0.3 is 11.8 Å². The van der Waals surface area contributed by atoms with Gasteiger partial charge in [0.15, 0.2) is 6.61 Å². The molecule has 3 rings (SSSR count). The number of ether oxygens (including phenoxy) is 1. The Kier molecular flexibility index (Phi) is 7.54. The third-order valence-electron chi connectivity index (χ3n) is 4.52. The lowest BCUT2D eigenvalue weighted by molar-refractivity contribution is -0.146. The van der Waals surface area contributed by atoms with Crippen molar-refractivity contribution in [3.05, 3.63) is 60.2 Å². The van der Waals surface area contributed by atoms with Gasteiger partial charge in [0.2, 0.25) is 0 Å². The van der Waals surface area contributed by atoms with Crippen molar-refractivity contribution >= 4 is 29.6 Å². The summed E-state index contributed by atoms with van der Waals surface area (Å²) in [5.41, 5.74) is 3.68. The van der Waals surface area contributed by atoms with Gasteiger partial charge in [0.05, 0.1) is 6.21 Å². The molecule has 3 amide bonds. The zero-order valence-electron chi connectivity index (χ0n) is 16.5. The number of para-hydroxylation sites is 1. The number of carbonyl (C=O) groups is 3. The first-order valence-electron chi connectivity index (χ1n) is 9.82. The fourth-order valence-corrected chi connectivity index (χ4v) is 2.97. The van der Waals surface area contributed by atoms with E-state index in [1.165, 1.54) is 6.21 Å². The lowest BCUT2D eigenvalue weighted by Crippen LogP contribution is -2.43. The van der Waals surface area contributed by atoms with Gasteiger partial charge in [-0.05, 0) is 61.2 Å². The summed E-state index contributed by atoms with van der Waals surface area (Å²) in [4.78, 5) is 37.4. The molecular formula is C22H24N4O4. The van der Waals surface area contributed by atoms with Crippen LogP contribution in [0.5, 0.6) is 5.75 Å². The summed E-state index contributed by atoms with van der Waals surface area (Å²) in [6.07, 6.45) is 4.36. The van der Waals surface area contributed by atoms with Crippen molar-refractivity contribution in [1.82, 2.24) is 10.3 Å². The first kappa shape index (κ1) is 21.0. The molecule has 1 saturated heterocycles. The number of nitrogens with one attached hydrogen (secondary N) is 2. The fourth-order valence-electron chi connectivity index (χ4n) is 2.97. The van der Waals surface area contributed by atoms with E-state index in [-0.39, 0.29) is 12.5 Å². The highest BCUT2D eigenvalue weighted by molar-refractivity contribution is 6.35. The maximum Gasteiger partial charge on any atom is 0.329 e. The largest absolute Gasteiger partial charge is 0.484 e. The van der Waals surface area contributed by atoms with Crippen molar-refractivity contribution in [2.24, 2.45) is 5.10 Å². The number of carbonyl (C=O) groups excluding carboxylic acids is 3. The molecule has 156 valence electrons. The summed E-state index contributed by atoms with van der Waals surface area (Å²) in [6, 6.07) is 16.0. The Labute approximate surface area is 174 Å². The molecule has 0 saturated carbocycles. The number of benzene rings is 2. The third-order valence-corrected chi connectivity index (χ3v) is 4.52. The summed E-state index contributed by atoms with van der Waals surface area (Å²) in [6.45, 7) is 1.11. The highest BCUT2D eigenvalue weighted by atomic mass is 16.5. The van der Waals surface area contributed by atoms with Gasteiger partial charge in [0, 0.05) is 18.8 Å². The van der Waals surface area contributed by atoms with Gasteiger partial charge in [-0.2, -0.15) is 5.10 Å². The molecule has 1 fully saturated rings. The van der Waals surface area contributed by atoms with E-state index in [0.29, 0.717) is 30.1 Å². The summed E-state index contributed by atoms with van der Waals surface area (Å²) in [7, 11) is 0. The minimum absolute atomic E-state index is 0.114. The second kappa shape index (κ2) is 10.8. The van der Waals surface area contributed by atoms with Gasteiger partial charge in [0.1, 0.15) is 5.75 Å². The van der Waals surface area contributed by atoms with E-state index in [9.17, 15) is 14.4 Å². The number of amides is 3. The van der Waals surface area contributed by atoms with Crippen LogP contribution in [0.4, 0.5) is 5.69 Å². The number of piperidine rings is 1. The number of hydrazone groups is 1. The molecule has 2 aromatic carbocycles. The first-order chi connectivity index (χ1) is 14.6. The molecule has 2 aromatic rings. The lowest BCUT2D eigenvalue weighted by atomic mass is 10.1. The van der Waals surface area contributed by atoms with E-state index in [4.69, 9.17) is 4.74 Å². The van der Waals surface area contributed by atoms with Crippen molar-refractivity contribution in [3.63, 3.8) is 0 Å². The topological polar surface area (TPSA) is 100 Å². The molecule has 0 atom stereocenters. The Morgan fingerprint density at radius 3 is 2.37 bits per heavy atom. The molecule has 0 spiro atoms. The second-order valence-corrected chi connectivity index (χ2v) is 6.82. The molecule has 0 aliphatic carbocycles. The van der Waals surface area contributed by atoms with E-state index >= 15 is 0 Å². The minimum Gasteiger partial charge on any atom is -0.484 e. The number of anilines is 1. The number of nitrogens with zero attached hydrogens (tertiary/aromatic N) is 2. The van der Waals surface area contributed by atoms with Crippen LogP contribution in [0, 0.1) is 0 Å². The second-order valence-electron chi connectivity index (χ2n) is 6.82. The Bertz CT molecular complexity index is 891. The third kappa shape index (κ3) is 6.44. The van der Waals surface area contributed by atoms with Crippen LogP contribution in [0.1, 0.15) is 24.8 Å². The SMILES string of the molecule is O=C(COc1ccc(/C=N\NC(=O)C(=O)N2CCCCC2)cc1)Nc1ccccc1. The van der Waals surface area contributed by atoms with E-state index < -0.39 is 11.8 Å². The van der Waals surface area contributed by atoms with E-state index in [1.807, 2.05) is 18.2 Å². The van der Waals surface area contributed by atoms with Crippen LogP contribution < -0.4 is 15.5 Å². The van der Waals surface area contributed by atoms with E-state index in [2.05, 4.69) is 15.8 Å². The first-order valence-corrected chi connectivity index (χ1v) is 9.82. The Morgan fingerprint density at radius 2 is 1.67 bits per heavy atom. The predicted molar refractivity (Wildman–Crippen MR) is 113 cm³/mol. The van der Waals surface area contributed by atoms with Gasteiger partial charge in [-0.15, -0.1) is 0 Å². The van der Waals surface area contributed by atoms with Crippen molar-refractivity contribution in [2.75, 3.05) is 25.0 Å². The van der Waals surface area contributed by atoms with Crippen molar-refractivity contribution < 1.29 is 19.1 Å². The maximum absolute atomic E-state index is 12.0. The molecule has 8 nitrogen and oxygen atoms in total. The van der Waals surface area contributed by atoms with Crippen LogP contribution in [0.15, 0.2) is 59.7 Å². The number of likely N-dealkylation sites (tertiary alicyclic amines) is 1. The Morgan fingerprint density at radius 1 is 0.967 bits per heavy atom. The zero-order chi connectivity index (χ0) is 21.2. The molecule has 1 aliphatic rings. The van der Waals surface area contributed by atoms with Crippen molar-refractivity contribution in [2.45, 2.75) is 19.3 Å². The van der Waals surface area contributed by atoms with Crippen molar-refractivity contribution in [3.8, 4) is 5.75 Å². The average Bonchev–Trinajstić information content (AvgIpc) is 2.79. The molecule has 0 unspecified atom stereocenters. The highest BCUT2D eigenvalue weighted by Gasteiger charge is 2.22. The van der Waals surface area contributed by atoms with Gasteiger partial charge in [-0.1, -0.05) is 18.2 Å². The number of rotatable bonds is 6. The van der Waals surface area contributed by atoms with Crippen LogP contribution in [0.3, 0.4) is 0 Å². The fraction of sp³-hybridized carbons (Fsp3) is 0.273. The van der Waals surface area contributed by atoms with Gasteiger partial charge < -0.3 is 15.0 Å². The summed E-state index contributed by atoms with van der Waals surface area (Å²) in [5, 5.41) is 6.57. The van der Waals surface area contributed by atoms with Gasteiger partial charge in [-0.3, -0.25) is 14.4 Å². The van der Waals surface area contributed by atoms with Crippen molar-refractivity contribution in [1.29, 1.82) is 0 Å². The van der Waals surface area contributed by atoms with Crippen LogP contribution >= 0.6 is 0 Å². The molecule has 0 radical (unpaired) electrons. The molecule has 8 heteroatoms. The molecule has 1 heterocycles. The normalized spacial score (nSPS) is 13.7. The monoisotopic (exact) mass is 408 g/mol. The van der Waals surface area contributed by atoms with Crippen LogP contribution in [0.2, 0.25) is 0 Å². The molecule has 2 N–H and O–H groups in total. The molecule has 1 aliphatic heterocycles. The standard InChI is InChI=1S/C22H24N4O4/c27-20(24-18-7-3-1-4-8-18)16-30-19-11-9-17(10-12-19)15-23-25-21(28)22(29)26-13-5-2-6-14-26/h1,3-4,7-12,15H,2,5-6,13-14,16H2,(H,24,27)(H,25,28)/b23-15-. The minimum atomic E-state index is -0.738. The molecule has 30 heavy (non-hydrogen) atoms.